The van der Waals surface area contributed by atoms with Gasteiger partial charge in [-0.2, -0.15) is 13.2 Å². The largest absolute Gasteiger partial charge is 0.418 e. The number of fused-ring (bicyclic) bond motifs is 1. The van der Waals surface area contributed by atoms with E-state index in [-0.39, 0.29) is 5.69 Å². The van der Waals surface area contributed by atoms with Crippen molar-refractivity contribution in [3.05, 3.63) is 71.0 Å². The highest BCUT2D eigenvalue weighted by atomic mass is 35.5. The second-order valence-electron chi connectivity index (χ2n) is 9.05. The van der Waals surface area contributed by atoms with Gasteiger partial charge < -0.3 is 15.1 Å². The SMILES string of the molecule is CN1CCN(c2cc3c(cc2C(F)(F)F)CCN3C(=O)Nc2ccc(-c3ccncc3)c(Cl)c2)CC1. The first-order valence-corrected chi connectivity index (χ1v) is 12.0. The Bertz CT molecular complexity index is 1280. The van der Waals surface area contributed by atoms with Crippen LogP contribution in [0.1, 0.15) is 11.1 Å². The fourth-order valence-corrected chi connectivity index (χ4v) is 5.01. The van der Waals surface area contributed by atoms with Crippen LogP contribution in [-0.2, 0) is 12.6 Å². The van der Waals surface area contributed by atoms with Gasteiger partial charge in [0.25, 0.3) is 0 Å². The van der Waals surface area contributed by atoms with E-state index >= 15 is 0 Å². The van der Waals surface area contributed by atoms with Crippen molar-refractivity contribution in [2.45, 2.75) is 12.6 Å². The normalized spacial score (nSPS) is 16.2. The molecule has 6 nitrogen and oxygen atoms in total. The monoisotopic (exact) mass is 515 g/mol. The predicted octanol–water partition coefficient (Wildman–Crippen LogP) is 5.77. The summed E-state index contributed by atoms with van der Waals surface area (Å²) in [5.41, 5.74) is 2.71. The Balaban J connectivity index is 1.40. The number of alkyl halides is 3. The van der Waals surface area contributed by atoms with Crippen molar-refractivity contribution in [2.24, 2.45) is 0 Å². The van der Waals surface area contributed by atoms with E-state index in [0.29, 0.717) is 61.1 Å². The molecule has 0 spiro atoms. The number of anilines is 3. The third kappa shape index (κ3) is 4.85. The maximum Gasteiger partial charge on any atom is 0.418 e. The van der Waals surface area contributed by atoms with Gasteiger partial charge in [0.05, 0.1) is 22.0 Å². The standard InChI is InChI=1S/C26H25ClF3N5O/c1-33-10-12-34(13-11-33)24-16-23-18(14-21(24)26(28,29)30)6-9-35(23)25(36)32-19-2-3-20(22(27)15-19)17-4-7-31-8-5-17/h2-5,7-8,14-16H,6,9-13H2,1H3,(H,32,36). The number of piperazine rings is 1. The average molecular weight is 516 g/mol. The molecule has 188 valence electrons. The number of amides is 2. The predicted molar refractivity (Wildman–Crippen MR) is 136 cm³/mol. The van der Waals surface area contributed by atoms with Crippen molar-refractivity contribution in [2.75, 3.05) is 54.9 Å². The lowest BCUT2D eigenvalue weighted by atomic mass is 10.0. The van der Waals surface area contributed by atoms with Crippen LogP contribution in [0.4, 0.5) is 35.0 Å². The van der Waals surface area contributed by atoms with Crippen LogP contribution in [-0.4, -0.2) is 55.7 Å². The zero-order valence-electron chi connectivity index (χ0n) is 19.6. The summed E-state index contributed by atoms with van der Waals surface area (Å²) in [5, 5.41) is 3.31. The van der Waals surface area contributed by atoms with Gasteiger partial charge in [-0.1, -0.05) is 17.7 Å². The van der Waals surface area contributed by atoms with Crippen LogP contribution in [0.2, 0.25) is 5.02 Å². The number of aromatic nitrogens is 1. The minimum Gasteiger partial charge on any atom is -0.368 e. The van der Waals surface area contributed by atoms with E-state index in [1.807, 2.05) is 25.2 Å². The third-order valence-corrected chi connectivity index (χ3v) is 7.01. The molecule has 2 aliphatic heterocycles. The van der Waals surface area contributed by atoms with Crippen LogP contribution in [0.5, 0.6) is 0 Å². The number of nitrogens with zero attached hydrogens (tertiary/aromatic N) is 4. The van der Waals surface area contributed by atoms with E-state index in [9.17, 15) is 18.0 Å². The zero-order valence-corrected chi connectivity index (χ0v) is 20.4. The van der Waals surface area contributed by atoms with Crippen molar-refractivity contribution in [3.63, 3.8) is 0 Å². The summed E-state index contributed by atoms with van der Waals surface area (Å²) >= 11 is 6.46. The van der Waals surface area contributed by atoms with Crippen LogP contribution < -0.4 is 15.1 Å². The van der Waals surface area contributed by atoms with Gasteiger partial charge in [-0.15, -0.1) is 0 Å². The number of rotatable bonds is 3. The first-order valence-electron chi connectivity index (χ1n) is 11.7. The first-order chi connectivity index (χ1) is 17.2. The van der Waals surface area contributed by atoms with E-state index < -0.39 is 17.8 Å². The number of nitrogens with one attached hydrogen (secondary N) is 1. The Kier molecular flexibility index (Phi) is 6.53. The molecular weight excluding hydrogens is 491 g/mol. The number of hydrogen-bond donors (Lipinski definition) is 1. The molecule has 1 fully saturated rings. The number of halogens is 4. The average Bonchev–Trinajstić information content (AvgIpc) is 3.27. The van der Waals surface area contributed by atoms with Gasteiger partial charge in [-0.25, -0.2) is 4.79 Å². The van der Waals surface area contributed by atoms with E-state index in [2.05, 4.69) is 15.2 Å². The quantitative estimate of drug-likeness (QED) is 0.481. The fourth-order valence-electron chi connectivity index (χ4n) is 4.72. The molecule has 0 radical (unpaired) electrons. The van der Waals surface area contributed by atoms with Crippen molar-refractivity contribution in [1.29, 1.82) is 0 Å². The molecule has 5 rings (SSSR count). The van der Waals surface area contributed by atoms with Crippen LogP contribution in [0.15, 0.2) is 54.9 Å². The molecule has 1 aromatic heterocycles. The molecule has 3 aromatic rings. The lowest BCUT2D eigenvalue weighted by molar-refractivity contribution is -0.137. The molecular formula is C26H25ClF3N5O. The second kappa shape index (κ2) is 9.63. The summed E-state index contributed by atoms with van der Waals surface area (Å²) in [6.45, 7) is 2.64. The molecule has 0 saturated carbocycles. The number of carbonyl (C=O) groups is 1. The summed E-state index contributed by atoms with van der Waals surface area (Å²) in [6.07, 6.45) is -0.771. The number of benzene rings is 2. The maximum atomic E-state index is 13.9. The second-order valence-corrected chi connectivity index (χ2v) is 9.46. The van der Waals surface area contributed by atoms with Gasteiger partial charge in [-0.3, -0.25) is 9.88 Å². The Labute approximate surface area is 212 Å². The molecule has 36 heavy (non-hydrogen) atoms. The number of pyridine rings is 1. The first kappa shape index (κ1) is 24.4. The fraction of sp³-hybridized carbons (Fsp3) is 0.308. The summed E-state index contributed by atoms with van der Waals surface area (Å²) in [5.74, 6) is 0. The lowest BCUT2D eigenvalue weighted by Crippen LogP contribution is -2.45. The van der Waals surface area contributed by atoms with Crippen molar-refractivity contribution in [3.8, 4) is 11.1 Å². The number of carbonyl (C=O) groups excluding carboxylic acids is 1. The molecule has 0 bridgehead atoms. The van der Waals surface area contributed by atoms with Gasteiger partial charge in [-0.05, 0) is 61.0 Å². The van der Waals surface area contributed by atoms with Crippen molar-refractivity contribution >= 4 is 34.7 Å². The molecule has 1 saturated heterocycles. The minimum absolute atomic E-state index is 0.124. The summed E-state index contributed by atoms with van der Waals surface area (Å²) in [6, 6.07) is 11.2. The van der Waals surface area contributed by atoms with E-state index in [1.165, 1.54) is 17.0 Å². The molecule has 0 atom stereocenters. The molecule has 10 heteroatoms. The van der Waals surface area contributed by atoms with E-state index in [4.69, 9.17) is 11.6 Å². The Morgan fingerprint density at radius 2 is 1.69 bits per heavy atom. The molecule has 2 aliphatic rings. The summed E-state index contributed by atoms with van der Waals surface area (Å²) in [4.78, 5) is 22.5. The number of hydrogen-bond acceptors (Lipinski definition) is 4. The number of urea groups is 1. The van der Waals surface area contributed by atoms with Gasteiger partial charge in [0.2, 0.25) is 0 Å². The van der Waals surface area contributed by atoms with E-state index in [0.717, 1.165) is 11.1 Å². The summed E-state index contributed by atoms with van der Waals surface area (Å²) in [7, 11) is 1.95. The number of likely N-dealkylation sites (N-methyl/N-ethyl adjacent to an activating group) is 1. The maximum absolute atomic E-state index is 13.9. The van der Waals surface area contributed by atoms with Crippen LogP contribution in [0, 0.1) is 0 Å². The molecule has 0 unspecified atom stereocenters. The topological polar surface area (TPSA) is 51.7 Å². The van der Waals surface area contributed by atoms with Gasteiger partial charge in [0, 0.05) is 56.4 Å². The van der Waals surface area contributed by atoms with Gasteiger partial charge in [0.1, 0.15) is 0 Å². The molecule has 3 heterocycles. The molecule has 2 amide bonds. The highest BCUT2D eigenvalue weighted by molar-refractivity contribution is 6.33. The highest BCUT2D eigenvalue weighted by Gasteiger charge is 2.38. The minimum atomic E-state index is -4.48. The smallest absolute Gasteiger partial charge is 0.368 e. The summed E-state index contributed by atoms with van der Waals surface area (Å²) < 4.78 is 41.8. The Morgan fingerprint density at radius 3 is 2.36 bits per heavy atom. The zero-order chi connectivity index (χ0) is 25.4. The van der Waals surface area contributed by atoms with Crippen molar-refractivity contribution < 1.29 is 18.0 Å². The third-order valence-electron chi connectivity index (χ3n) is 6.70. The Hall–Kier alpha value is -3.30. The van der Waals surface area contributed by atoms with Crippen molar-refractivity contribution in [1.82, 2.24) is 9.88 Å². The van der Waals surface area contributed by atoms with Crippen LogP contribution >= 0.6 is 11.6 Å². The van der Waals surface area contributed by atoms with Gasteiger partial charge in [0.15, 0.2) is 0 Å². The highest BCUT2D eigenvalue weighted by Crippen LogP contribution is 2.43. The molecule has 2 aromatic carbocycles. The van der Waals surface area contributed by atoms with Gasteiger partial charge >= 0.3 is 12.2 Å². The molecule has 0 aliphatic carbocycles. The lowest BCUT2D eigenvalue weighted by Gasteiger charge is -2.36. The van der Waals surface area contributed by atoms with E-state index in [1.54, 1.807) is 29.4 Å². The van der Waals surface area contributed by atoms with Crippen LogP contribution in [0.3, 0.4) is 0 Å². The molecule has 1 N–H and O–H groups in total. The Morgan fingerprint density at radius 1 is 0.972 bits per heavy atom. The van der Waals surface area contributed by atoms with Crippen LogP contribution in [0.25, 0.3) is 11.1 Å².